The molecule has 2 aromatic rings. The first-order valence-corrected chi connectivity index (χ1v) is 9.81. The maximum Gasteiger partial charge on any atom is 0.242 e. The van der Waals surface area contributed by atoms with Crippen LogP contribution in [0.25, 0.3) is 0 Å². The molecule has 0 saturated heterocycles. The molecule has 1 atom stereocenters. The molecule has 0 aliphatic rings. The summed E-state index contributed by atoms with van der Waals surface area (Å²) in [4.78, 5) is 12.2. The van der Waals surface area contributed by atoms with Crippen molar-refractivity contribution < 1.29 is 17.9 Å². The zero-order chi connectivity index (χ0) is 19.5. The van der Waals surface area contributed by atoms with Gasteiger partial charge >= 0.3 is 0 Å². The fourth-order valence-electron chi connectivity index (χ4n) is 2.09. The number of anilines is 1. The molecule has 0 fully saturated rings. The van der Waals surface area contributed by atoms with Crippen LogP contribution in [0.5, 0.6) is 5.75 Å². The second kappa shape index (κ2) is 8.26. The highest BCUT2D eigenvalue weighted by molar-refractivity contribution is 7.89. The van der Waals surface area contributed by atoms with E-state index in [1.54, 1.807) is 18.2 Å². The van der Waals surface area contributed by atoms with Crippen LogP contribution in [0.2, 0.25) is 10.0 Å². The molecule has 2 rings (SSSR count). The molecular formula is C17H18Cl2N2O4S. The Bertz CT molecular complexity index is 932. The van der Waals surface area contributed by atoms with Gasteiger partial charge in [0.15, 0.2) is 0 Å². The largest absolute Gasteiger partial charge is 0.495 e. The summed E-state index contributed by atoms with van der Waals surface area (Å²) in [5.74, 6) is -0.166. The number of rotatable bonds is 6. The number of nitrogens with one attached hydrogen (secondary N) is 2. The van der Waals surface area contributed by atoms with E-state index < -0.39 is 22.0 Å². The van der Waals surface area contributed by atoms with Crippen molar-refractivity contribution in [1.29, 1.82) is 0 Å². The molecule has 0 spiro atoms. The summed E-state index contributed by atoms with van der Waals surface area (Å²) in [5.41, 5.74) is 1.35. The van der Waals surface area contributed by atoms with Gasteiger partial charge in [-0.1, -0.05) is 29.3 Å². The van der Waals surface area contributed by atoms with Gasteiger partial charge in [-0.15, -0.1) is 0 Å². The van der Waals surface area contributed by atoms with Crippen molar-refractivity contribution in [2.75, 3.05) is 12.4 Å². The summed E-state index contributed by atoms with van der Waals surface area (Å²) < 4.78 is 32.2. The van der Waals surface area contributed by atoms with E-state index in [0.29, 0.717) is 16.5 Å². The second-order valence-corrected chi connectivity index (χ2v) is 8.12. The quantitative estimate of drug-likeness (QED) is 0.752. The van der Waals surface area contributed by atoms with Crippen LogP contribution in [0.15, 0.2) is 41.3 Å². The number of hydrogen-bond donors (Lipinski definition) is 2. The Hall–Kier alpha value is -1.80. The van der Waals surface area contributed by atoms with Crippen LogP contribution in [0, 0.1) is 6.92 Å². The molecule has 0 saturated carbocycles. The highest BCUT2D eigenvalue weighted by atomic mass is 35.5. The number of carbonyl (C=O) groups is 1. The number of hydrogen-bond acceptors (Lipinski definition) is 4. The minimum absolute atomic E-state index is 0.0682. The predicted molar refractivity (Wildman–Crippen MR) is 103 cm³/mol. The molecule has 9 heteroatoms. The third kappa shape index (κ3) is 4.88. The third-order valence-corrected chi connectivity index (χ3v) is 5.84. The van der Waals surface area contributed by atoms with Crippen molar-refractivity contribution in [2.45, 2.75) is 24.8 Å². The van der Waals surface area contributed by atoms with Crippen molar-refractivity contribution in [1.82, 2.24) is 4.72 Å². The van der Waals surface area contributed by atoms with Gasteiger partial charge in [-0.2, -0.15) is 4.72 Å². The lowest BCUT2D eigenvalue weighted by Crippen LogP contribution is -2.41. The summed E-state index contributed by atoms with van der Waals surface area (Å²) in [6.45, 7) is 3.28. The van der Waals surface area contributed by atoms with Gasteiger partial charge in [0, 0.05) is 10.7 Å². The zero-order valence-electron chi connectivity index (χ0n) is 14.3. The second-order valence-electron chi connectivity index (χ2n) is 5.59. The Kier molecular flexibility index (Phi) is 6.52. The van der Waals surface area contributed by atoms with Gasteiger partial charge in [0.2, 0.25) is 15.9 Å². The maximum absolute atomic E-state index is 12.4. The average molecular weight is 417 g/mol. The number of benzene rings is 2. The number of halogens is 2. The minimum Gasteiger partial charge on any atom is -0.495 e. The smallest absolute Gasteiger partial charge is 0.242 e. The van der Waals surface area contributed by atoms with Crippen LogP contribution in [-0.4, -0.2) is 27.5 Å². The van der Waals surface area contributed by atoms with Crippen LogP contribution < -0.4 is 14.8 Å². The van der Waals surface area contributed by atoms with Crippen LogP contribution in [0.1, 0.15) is 12.5 Å². The van der Waals surface area contributed by atoms with Crippen molar-refractivity contribution >= 4 is 44.8 Å². The van der Waals surface area contributed by atoms with E-state index in [1.807, 2.05) is 6.92 Å². The van der Waals surface area contributed by atoms with Gasteiger partial charge in [-0.05, 0) is 49.7 Å². The average Bonchev–Trinajstić information content (AvgIpc) is 2.57. The third-order valence-electron chi connectivity index (χ3n) is 3.60. The lowest BCUT2D eigenvalue weighted by atomic mass is 10.2. The maximum atomic E-state index is 12.4. The molecule has 0 radical (unpaired) electrons. The SMILES string of the molecule is COc1ccc(S(=O)(=O)N[C@@H](C)C(=O)Nc2ccc(C)c(Cl)c2)cc1Cl. The number of methoxy groups -OCH3 is 1. The summed E-state index contributed by atoms with van der Waals surface area (Å²) in [5, 5.41) is 3.28. The number of ether oxygens (including phenoxy) is 1. The molecule has 1 amide bonds. The number of carbonyl (C=O) groups excluding carboxylic acids is 1. The van der Waals surface area contributed by atoms with E-state index in [0.717, 1.165) is 5.56 Å². The lowest BCUT2D eigenvalue weighted by molar-refractivity contribution is -0.117. The zero-order valence-corrected chi connectivity index (χ0v) is 16.7. The highest BCUT2D eigenvalue weighted by Crippen LogP contribution is 2.27. The van der Waals surface area contributed by atoms with Crippen molar-refractivity contribution in [3.05, 3.63) is 52.0 Å². The molecule has 0 bridgehead atoms. The number of sulfonamides is 1. The molecule has 140 valence electrons. The Morgan fingerprint density at radius 3 is 2.38 bits per heavy atom. The Labute approximate surface area is 162 Å². The Balaban J connectivity index is 2.11. The first-order valence-electron chi connectivity index (χ1n) is 7.57. The summed E-state index contributed by atoms with van der Waals surface area (Å²) in [6.07, 6.45) is 0. The fraction of sp³-hybridized carbons (Fsp3) is 0.235. The Morgan fingerprint density at radius 1 is 1.12 bits per heavy atom. The van der Waals surface area contributed by atoms with Crippen LogP contribution in [-0.2, 0) is 14.8 Å². The van der Waals surface area contributed by atoms with Crippen molar-refractivity contribution in [3.8, 4) is 5.75 Å². The van der Waals surface area contributed by atoms with Crippen LogP contribution in [0.3, 0.4) is 0 Å². The minimum atomic E-state index is -3.94. The van der Waals surface area contributed by atoms with Gasteiger partial charge in [0.05, 0.1) is 23.1 Å². The Morgan fingerprint density at radius 2 is 1.81 bits per heavy atom. The van der Waals surface area contributed by atoms with Crippen LogP contribution >= 0.6 is 23.2 Å². The van der Waals surface area contributed by atoms with E-state index >= 15 is 0 Å². The van der Waals surface area contributed by atoms with E-state index in [-0.39, 0.29) is 9.92 Å². The summed E-state index contributed by atoms with van der Waals surface area (Å²) >= 11 is 12.0. The van der Waals surface area contributed by atoms with Gasteiger partial charge < -0.3 is 10.1 Å². The van der Waals surface area contributed by atoms with E-state index in [2.05, 4.69) is 10.0 Å². The molecule has 0 aliphatic carbocycles. The lowest BCUT2D eigenvalue weighted by Gasteiger charge is -2.15. The summed E-state index contributed by atoms with van der Waals surface area (Å²) in [6, 6.07) is 8.07. The van der Waals surface area contributed by atoms with Crippen molar-refractivity contribution in [2.24, 2.45) is 0 Å². The normalized spacial score (nSPS) is 12.5. The number of aryl methyl sites for hydroxylation is 1. The summed E-state index contributed by atoms with van der Waals surface area (Å²) in [7, 11) is -2.51. The molecule has 0 aromatic heterocycles. The molecule has 0 unspecified atom stereocenters. The molecule has 0 aliphatic heterocycles. The van der Waals surface area contributed by atoms with Gasteiger partial charge in [0.25, 0.3) is 0 Å². The van der Waals surface area contributed by atoms with Crippen LogP contribution in [0.4, 0.5) is 5.69 Å². The van der Waals surface area contributed by atoms with Gasteiger partial charge in [0.1, 0.15) is 5.75 Å². The van der Waals surface area contributed by atoms with Gasteiger partial charge in [-0.3, -0.25) is 4.79 Å². The van der Waals surface area contributed by atoms with E-state index in [9.17, 15) is 13.2 Å². The van der Waals surface area contributed by atoms with E-state index in [4.69, 9.17) is 27.9 Å². The molecule has 26 heavy (non-hydrogen) atoms. The molecular weight excluding hydrogens is 399 g/mol. The van der Waals surface area contributed by atoms with Gasteiger partial charge in [-0.25, -0.2) is 8.42 Å². The first kappa shape index (κ1) is 20.5. The molecule has 0 heterocycles. The molecule has 2 aromatic carbocycles. The first-order chi connectivity index (χ1) is 12.1. The topological polar surface area (TPSA) is 84.5 Å². The van der Waals surface area contributed by atoms with Crippen molar-refractivity contribution in [3.63, 3.8) is 0 Å². The fourth-order valence-corrected chi connectivity index (χ4v) is 3.82. The monoisotopic (exact) mass is 416 g/mol. The molecule has 6 nitrogen and oxygen atoms in total. The van der Waals surface area contributed by atoms with E-state index in [1.165, 1.54) is 32.2 Å². The standard InChI is InChI=1S/C17H18Cl2N2O4S/c1-10-4-5-12(8-14(10)18)20-17(22)11(2)21-26(23,24)13-6-7-16(25-3)15(19)9-13/h4-9,11,21H,1-3H3,(H,20,22)/t11-/m0/s1. The highest BCUT2D eigenvalue weighted by Gasteiger charge is 2.23. The molecule has 2 N–H and O–H groups in total. The predicted octanol–water partition coefficient (Wildman–Crippen LogP) is 3.62. The number of amides is 1.